The molecule has 1 N–H and O–H groups in total. The van der Waals surface area contributed by atoms with Crippen molar-refractivity contribution in [3.63, 3.8) is 0 Å². The maximum atomic E-state index is 5.61. The summed E-state index contributed by atoms with van der Waals surface area (Å²) in [6, 6.07) is 4.06. The molecule has 3 heterocycles. The first-order chi connectivity index (χ1) is 13.6. The summed E-state index contributed by atoms with van der Waals surface area (Å²) < 4.78 is 10.0. The van der Waals surface area contributed by atoms with Crippen LogP contribution in [0.25, 0.3) is 0 Å². The second kappa shape index (κ2) is 9.88. The van der Waals surface area contributed by atoms with E-state index < -0.39 is 0 Å². The van der Waals surface area contributed by atoms with Crippen LogP contribution in [0, 0.1) is 0 Å². The number of rotatable bonds is 7. The van der Waals surface area contributed by atoms with Crippen LogP contribution in [0.5, 0.6) is 0 Å². The molecule has 0 spiro atoms. The molecule has 0 aliphatic carbocycles. The Bertz CT molecular complexity index is 735. The Labute approximate surface area is 171 Å². The number of hydrogen-bond donors (Lipinski definition) is 1. The molecule has 0 bridgehead atoms. The highest BCUT2D eigenvalue weighted by Crippen LogP contribution is 2.21. The van der Waals surface area contributed by atoms with Gasteiger partial charge in [0, 0.05) is 50.7 Å². The number of aromatic nitrogens is 2. The molecule has 2 aromatic heterocycles. The lowest BCUT2D eigenvalue weighted by Gasteiger charge is -2.36. The highest BCUT2D eigenvalue weighted by Gasteiger charge is 2.23. The molecule has 8 nitrogen and oxygen atoms in total. The molecule has 1 saturated heterocycles. The second-order valence-electron chi connectivity index (χ2n) is 7.01. The quantitative estimate of drug-likeness (QED) is 0.558. The van der Waals surface area contributed by atoms with Crippen molar-refractivity contribution in [2.24, 2.45) is 4.99 Å². The number of hydrogen-bond acceptors (Lipinski definition) is 7. The van der Waals surface area contributed by atoms with Crippen LogP contribution in [0.4, 0.5) is 5.13 Å². The van der Waals surface area contributed by atoms with Gasteiger partial charge < -0.3 is 19.5 Å². The lowest BCUT2D eigenvalue weighted by Crippen LogP contribution is -2.52. The fourth-order valence-corrected chi connectivity index (χ4v) is 4.01. The first-order valence-electron chi connectivity index (χ1n) is 9.93. The highest BCUT2D eigenvalue weighted by atomic mass is 32.1. The van der Waals surface area contributed by atoms with Crippen molar-refractivity contribution in [3.8, 4) is 0 Å². The van der Waals surface area contributed by atoms with Gasteiger partial charge in [0.1, 0.15) is 11.6 Å². The summed E-state index contributed by atoms with van der Waals surface area (Å²) in [6.45, 7) is 9.39. The number of guanidine groups is 1. The molecule has 28 heavy (non-hydrogen) atoms. The van der Waals surface area contributed by atoms with Crippen molar-refractivity contribution in [1.82, 2.24) is 24.5 Å². The molecule has 1 aliphatic rings. The summed E-state index contributed by atoms with van der Waals surface area (Å²) in [5.41, 5.74) is 0. The maximum absolute atomic E-state index is 5.61. The van der Waals surface area contributed by atoms with Crippen molar-refractivity contribution in [2.45, 2.75) is 26.3 Å². The van der Waals surface area contributed by atoms with Crippen LogP contribution in [0.15, 0.2) is 27.8 Å². The maximum Gasteiger partial charge on any atom is 0.205 e. The predicted octanol–water partition coefficient (Wildman–Crippen LogP) is 2.08. The van der Waals surface area contributed by atoms with Crippen LogP contribution in [0.1, 0.15) is 31.5 Å². The summed E-state index contributed by atoms with van der Waals surface area (Å²) in [5.74, 6) is 2.84. The Kier molecular flexibility index (Phi) is 7.27. The van der Waals surface area contributed by atoms with E-state index in [0.29, 0.717) is 6.54 Å². The zero-order valence-electron chi connectivity index (χ0n) is 17.3. The van der Waals surface area contributed by atoms with Gasteiger partial charge in [-0.1, -0.05) is 6.92 Å². The van der Waals surface area contributed by atoms with E-state index in [2.05, 4.69) is 57.3 Å². The van der Waals surface area contributed by atoms with Crippen molar-refractivity contribution in [3.05, 3.63) is 30.0 Å². The van der Waals surface area contributed by atoms with E-state index in [9.17, 15) is 0 Å². The summed E-state index contributed by atoms with van der Waals surface area (Å²) in [6.07, 6.45) is 2.60. The summed E-state index contributed by atoms with van der Waals surface area (Å²) in [5, 5.41) is 4.47. The van der Waals surface area contributed by atoms with Crippen molar-refractivity contribution < 1.29 is 4.42 Å². The van der Waals surface area contributed by atoms with E-state index in [-0.39, 0.29) is 6.04 Å². The number of aliphatic imine (C=N–C) groups is 1. The number of nitrogens with one attached hydrogen (secondary N) is 1. The first-order valence-corrected chi connectivity index (χ1v) is 10.7. The predicted molar refractivity (Wildman–Crippen MR) is 114 cm³/mol. The minimum atomic E-state index is 0.124. The van der Waals surface area contributed by atoms with E-state index in [1.165, 1.54) is 11.5 Å². The molecular formula is C19H31N7OS. The van der Waals surface area contributed by atoms with Crippen LogP contribution in [-0.2, 0) is 6.42 Å². The van der Waals surface area contributed by atoms with E-state index in [1.807, 2.05) is 12.1 Å². The third kappa shape index (κ3) is 5.02. The third-order valence-electron chi connectivity index (χ3n) is 4.87. The number of anilines is 1. The summed E-state index contributed by atoms with van der Waals surface area (Å²) >= 11 is 1.50. The lowest BCUT2D eigenvalue weighted by molar-refractivity contribution is 0.263. The van der Waals surface area contributed by atoms with Crippen molar-refractivity contribution >= 4 is 22.6 Å². The Balaban J connectivity index is 1.63. The molecule has 2 aromatic rings. The lowest BCUT2D eigenvalue weighted by atomic mass is 10.2. The van der Waals surface area contributed by atoms with E-state index in [4.69, 9.17) is 9.41 Å². The van der Waals surface area contributed by atoms with Crippen LogP contribution < -0.4 is 10.2 Å². The smallest absolute Gasteiger partial charge is 0.205 e. The van der Waals surface area contributed by atoms with Gasteiger partial charge in [0.15, 0.2) is 5.96 Å². The SMILES string of the molecule is CCNC(=NCC(c1ccco1)N(C)C)N1CCN(c2nc(CC)ns2)CC1. The van der Waals surface area contributed by atoms with Gasteiger partial charge in [-0.3, -0.25) is 9.89 Å². The van der Waals surface area contributed by atoms with Gasteiger partial charge in [0.05, 0.1) is 18.8 Å². The molecule has 3 rings (SSSR count). The molecule has 1 unspecified atom stereocenters. The van der Waals surface area contributed by atoms with Crippen LogP contribution in [-0.4, -0.2) is 78.5 Å². The summed E-state index contributed by atoms with van der Waals surface area (Å²) in [4.78, 5) is 16.3. The number of nitrogens with zero attached hydrogens (tertiary/aromatic N) is 6. The second-order valence-corrected chi connectivity index (χ2v) is 7.74. The fourth-order valence-electron chi connectivity index (χ4n) is 3.21. The van der Waals surface area contributed by atoms with Crippen LogP contribution in [0.2, 0.25) is 0 Å². The molecule has 1 fully saturated rings. The topological polar surface area (TPSA) is 73.0 Å². The number of aryl methyl sites for hydroxylation is 1. The largest absolute Gasteiger partial charge is 0.468 e. The Morgan fingerprint density at radius 1 is 1.32 bits per heavy atom. The molecular weight excluding hydrogens is 374 g/mol. The van der Waals surface area contributed by atoms with Gasteiger partial charge in [-0.25, -0.2) is 4.98 Å². The minimum absolute atomic E-state index is 0.124. The van der Waals surface area contributed by atoms with E-state index in [1.54, 1.807) is 6.26 Å². The first kappa shape index (κ1) is 20.6. The average molecular weight is 406 g/mol. The molecule has 1 atom stereocenters. The van der Waals surface area contributed by atoms with Gasteiger partial charge >= 0.3 is 0 Å². The standard InChI is InChI=1S/C19H31N7OS/c1-5-17-22-19(28-23-17)26-11-9-25(10-12-26)18(20-6-2)21-14-15(24(3)4)16-8-7-13-27-16/h7-8,13,15H,5-6,9-12,14H2,1-4H3,(H,20,21). The van der Waals surface area contributed by atoms with E-state index in [0.717, 1.165) is 61.8 Å². The average Bonchev–Trinajstić information content (AvgIpc) is 3.39. The van der Waals surface area contributed by atoms with Gasteiger partial charge in [-0.15, -0.1) is 0 Å². The Morgan fingerprint density at radius 3 is 2.68 bits per heavy atom. The van der Waals surface area contributed by atoms with Gasteiger partial charge in [-0.2, -0.15) is 4.37 Å². The zero-order valence-corrected chi connectivity index (χ0v) is 18.1. The molecule has 0 aromatic carbocycles. The van der Waals surface area contributed by atoms with E-state index >= 15 is 0 Å². The molecule has 0 amide bonds. The minimum Gasteiger partial charge on any atom is -0.468 e. The fraction of sp³-hybridized carbons (Fsp3) is 0.632. The van der Waals surface area contributed by atoms with Crippen LogP contribution >= 0.6 is 11.5 Å². The molecule has 0 radical (unpaired) electrons. The monoisotopic (exact) mass is 405 g/mol. The zero-order chi connectivity index (χ0) is 19.9. The Morgan fingerprint density at radius 2 is 2.11 bits per heavy atom. The number of piperazine rings is 1. The number of likely N-dealkylation sites (N-methyl/N-ethyl adjacent to an activating group) is 1. The van der Waals surface area contributed by atoms with Gasteiger partial charge in [-0.05, 0) is 33.2 Å². The molecule has 0 saturated carbocycles. The normalized spacial score (nSPS) is 16.7. The number of furan rings is 1. The molecule has 1 aliphatic heterocycles. The van der Waals surface area contributed by atoms with Crippen molar-refractivity contribution in [1.29, 1.82) is 0 Å². The molecule has 154 valence electrons. The van der Waals surface area contributed by atoms with Gasteiger partial charge in [0.2, 0.25) is 5.13 Å². The third-order valence-corrected chi connectivity index (χ3v) is 5.68. The van der Waals surface area contributed by atoms with Crippen LogP contribution in [0.3, 0.4) is 0 Å². The highest BCUT2D eigenvalue weighted by molar-refractivity contribution is 7.09. The molecule has 9 heteroatoms. The van der Waals surface area contributed by atoms with Gasteiger partial charge in [0.25, 0.3) is 0 Å². The van der Waals surface area contributed by atoms with Crippen molar-refractivity contribution in [2.75, 3.05) is 58.3 Å². The Hall–Kier alpha value is -2.13. The summed E-state index contributed by atoms with van der Waals surface area (Å²) in [7, 11) is 4.11.